The summed E-state index contributed by atoms with van der Waals surface area (Å²) in [6.45, 7) is 3.85. The SMILES string of the molecule is COc1ccc(C2C(C)=Nc3ccccc3N=C2NC(=O)CSc2nccc(C)n2)cc1. The molecule has 162 valence electrons. The Balaban J connectivity index is 1.62. The quantitative estimate of drug-likeness (QED) is 0.457. The Labute approximate surface area is 191 Å². The molecule has 0 saturated carbocycles. The molecule has 0 radical (unpaired) electrons. The first-order valence-electron chi connectivity index (χ1n) is 10.1. The Kier molecular flexibility index (Phi) is 6.61. The molecule has 1 unspecified atom stereocenters. The maximum Gasteiger partial charge on any atom is 0.235 e. The highest BCUT2D eigenvalue weighted by atomic mass is 32.2. The van der Waals surface area contributed by atoms with Gasteiger partial charge in [-0.15, -0.1) is 0 Å². The first-order valence-corrected chi connectivity index (χ1v) is 11.1. The van der Waals surface area contributed by atoms with Gasteiger partial charge in [0.2, 0.25) is 5.91 Å². The number of ether oxygens (including phenoxy) is 1. The highest BCUT2D eigenvalue weighted by Crippen LogP contribution is 2.34. The minimum Gasteiger partial charge on any atom is -0.497 e. The molecule has 1 atom stereocenters. The second kappa shape index (κ2) is 9.74. The number of hydrogen-bond donors (Lipinski definition) is 1. The summed E-state index contributed by atoms with van der Waals surface area (Å²) in [5, 5.41) is 3.58. The van der Waals surface area contributed by atoms with Crippen LogP contribution in [0.2, 0.25) is 0 Å². The van der Waals surface area contributed by atoms with E-state index in [1.165, 1.54) is 11.8 Å². The number of methoxy groups -OCH3 is 1. The first-order chi connectivity index (χ1) is 15.5. The van der Waals surface area contributed by atoms with Crippen molar-refractivity contribution in [3.05, 3.63) is 72.1 Å². The molecule has 4 rings (SSSR count). The predicted molar refractivity (Wildman–Crippen MR) is 128 cm³/mol. The van der Waals surface area contributed by atoms with Crippen LogP contribution in [0.1, 0.15) is 24.1 Å². The molecule has 1 amide bonds. The van der Waals surface area contributed by atoms with Crippen LogP contribution in [0.4, 0.5) is 11.4 Å². The third-order valence-electron chi connectivity index (χ3n) is 4.93. The largest absolute Gasteiger partial charge is 0.497 e. The number of nitrogens with one attached hydrogen (secondary N) is 1. The maximum atomic E-state index is 12.8. The minimum atomic E-state index is -0.294. The Hall–Kier alpha value is -3.52. The van der Waals surface area contributed by atoms with Gasteiger partial charge in [-0.3, -0.25) is 9.79 Å². The van der Waals surface area contributed by atoms with Gasteiger partial charge in [-0.2, -0.15) is 0 Å². The number of para-hydroxylation sites is 2. The van der Waals surface area contributed by atoms with E-state index < -0.39 is 0 Å². The zero-order valence-electron chi connectivity index (χ0n) is 18.1. The van der Waals surface area contributed by atoms with Crippen LogP contribution in [0.5, 0.6) is 5.75 Å². The fraction of sp³-hybridized carbons (Fsp3) is 0.208. The van der Waals surface area contributed by atoms with Crippen molar-refractivity contribution in [1.29, 1.82) is 0 Å². The van der Waals surface area contributed by atoms with Gasteiger partial charge in [0.05, 0.1) is 30.2 Å². The van der Waals surface area contributed by atoms with Gasteiger partial charge in [-0.1, -0.05) is 36.0 Å². The zero-order chi connectivity index (χ0) is 22.5. The lowest BCUT2D eigenvalue weighted by atomic mass is 9.93. The van der Waals surface area contributed by atoms with Crippen molar-refractivity contribution in [3.8, 4) is 5.75 Å². The monoisotopic (exact) mass is 445 g/mol. The number of nitrogens with zero attached hydrogens (tertiary/aromatic N) is 4. The van der Waals surface area contributed by atoms with Crippen LogP contribution in [0.15, 0.2) is 75.9 Å². The molecule has 3 aromatic rings. The molecule has 2 aromatic carbocycles. The van der Waals surface area contributed by atoms with Crippen LogP contribution in [0, 0.1) is 6.92 Å². The summed E-state index contributed by atoms with van der Waals surface area (Å²) >= 11 is 1.29. The molecule has 0 aliphatic carbocycles. The van der Waals surface area contributed by atoms with Gasteiger partial charge in [0, 0.05) is 17.6 Å². The highest BCUT2D eigenvalue weighted by Gasteiger charge is 2.26. The van der Waals surface area contributed by atoms with E-state index in [1.807, 2.05) is 68.4 Å². The van der Waals surface area contributed by atoms with Gasteiger partial charge in [0.1, 0.15) is 11.6 Å². The lowest BCUT2D eigenvalue weighted by Crippen LogP contribution is -2.38. The van der Waals surface area contributed by atoms with Crippen molar-refractivity contribution in [2.24, 2.45) is 9.98 Å². The van der Waals surface area contributed by atoms with Gasteiger partial charge < -0.3 is 10.1 Å². The highest BCUT2D eigenvalue weighted by molar-refractivity contribution is 7.99. The van der Waals surface area contributed by atoms with E-state index in [0.29, 0.717) is 16.7 Å². The summed E-state index contributed by atoms with van der Waals surface area (Å²) in [5.74, 6) is 1.01. The molecule has 32 heavy (non-hydrogen) atoms. The summed E-state index contributed by atoms with van der Waals surface area (Å²) < 4.78 is 5.29. The number of carbonyl (C=O) groups excluding carboxylic acids is 1. The zero-order valence-corrected chi connectivity index (χ0v) is 18.9. The van der Waals surface area contributed by atoms with Gasteiger partial charge >= 0.3 is 0 Å². The number of fused-ring (bicyclic) bond motifs is 1. The van der Waals surface area contributed by atoms with Crippen molar-refractivity contribution < 1.29 is 9.53 Å². The van der Waals surface area contributed by atoms with E-state index in [4.69, 9.17) is 14.7 Å². The number of thioether (sulfide) groups is 1. The molecule has 7 nitrogen and oxygen atoms in total. The number of hydrogen-bond acceptors (Lipinski definition) is 7. The number of benzene rings is 2. The standard InChI is InChI=1S/C24H23N5O2S/c1-15-12-13-25-24(26-15)32-14-21(30)29-23-22(17-8-10-18(31-3)11-9-17)16(2)27-19-6-4-5-7-20(19)28-23/h4-13,22H,14H2,1-3H3,(H,28,29,30). The van der Waals surface area contributed by atoms with Crippen molar-refractivity contribution in [2.45, 2.75) is 24.9 Å². The number of carbonyl (C=O) groups is 1. The van der Waals surface area contributed by atoms with Gasteiger partial charge in [-0.25, -0.2) is 15.0 Å². The van der Waals surface area contributed by atoms with Crippen LogP contribution in [-0.2, 0) is 4.79 Å². The van der Waals surface area contributed by atoms with Crippen LogP contribution >= 0.6 is 11.8 Å². The molecule has 2 heterocycles. The van der Waals surface area contributed by atoms with Gasteiger partial charge in [-0.05, 0) is 49.7 Å². The van der Waals surface area contributed by atoms with Crippen molar-refractivity contribution >= 4 is 40.6 Å². The molecule has 1 aromatic heterocycles. The Morgan fingerprint density at radius 2 is 1.75 bits per heavy atom. The normalized spacial score (nSPS) is 15.2. The molecule has 8 heteroatoms. The average molecular weight is 446 g/mol. The van der Waals surface area contributed by atoms with E-state index in [9.17, 15) is 4.79 Å². The average Bonchev–Trinajstić information content (AvgIpc) is 2.93. The van der Waals surface area contributed by atoms with Crippen LogP contribution in [-0.4, -0.2) is 40.3 Å². The predicted octanol–water partition coefficient (Wildman–Crippen LogP) is 4.62. The lowest BCUT2D eigenvalue weighted by Gasteiger charge is -2.19. The summed E-state index contributed by atoms with van der Waals surface area (Å²) in [7, 11) is 1.63. The summed E-state index contributed by atoms with van der Waals surface area (Å²) in [6, 6.07) is 17.2. The number of aryl methyl sites for hydroxylation is 1. The van der Waals surface area contributed by atoms with Crippen molar-refractivity contribution in [3.63, 3.8) is 0 Å². The van der Waals surface area contributed by atoms with Crippen LogP contribution < -0.4 is 10.1 Å². The summed E-state index contributed by atoms with van der Waals surface area (Å²) in [5.41, 5.74) is 4.16. The van der Waals surface area contributed by atoms with Gasteiger partial charge in [0.15, 0.2) is 5.16 Å². The second-order valence-electron chi connectivity index (χ2n) is 7.26. The van der Waals surface area contributed by atoms with Crippen LogP contribution in [0.3, 0.4) is 0 Å². The molecular formula is C24H23N5O2S. The molecule has 1 aliphatic rings. The number of aromatic nitrogens is 2. The minimum absolute atomic E-state index is 0.176. The van der Waals surface area contributed by atoms with Crippen LogP contribution in [0.25, 0.3) is 0 Å². The van der Waals surface area contributed by atoms with E-state index in [-0.39, 0.29) is 17.6 Å². The third-order valence-corrected chi connectivity index (χ3v) is 5.79. The second-order valence-corrected chi connectivity index (χ2v) is 8.21. The van der Waals surface area contributed by atoms with E-state index >= 15 is 0 Å². The lowest BCUT2D eigenvalue weighted by molar-refractivity contribution is -0.117. The maximum absolute atomic E-state index is 12.8. The molecule has 0 fully saturated rings. The molecule has 0 spiro atoms. The molecule has 0 saturated heterocycles. The number of amides is 1. The Morgan fingerprint density at radius 3 is 2.44 bits per heavy atom. The Bertz CT molecular complexity index is 1190. The number of rotatable bonds is 5. The van der Waals surface area contributed by atoms with Crippen molar-refractivity contribution in [1.82, 2.24) is 15.3 Å². The molecule has 1 N–H and O–H groups in total. The van der Waals surface area contributed by atoms with E-state index in [0.717, 1.165) is 28.4 Å². The third kappa shape index (κ3) is 5.03. The fourth-order valence-electron chi connectivity index (χ4n) is 3.40. The van der Waals surface area contributed by atoms with E-state index in [2.05, 4.69) is 15.3 Å². The molecular weight excluding hydrogens is 422 g/mol. The summed E-state index contributed by atoms with van der Waals surface area (Å²) in [6.07, 6.45) is 1.69. The fourth-order valence-corrected chi connectivity index (χ4v) is 4.08. The number of amidine groups is 1. The van der Waals surface area contributed by atoms with Crippen molar-refractivity contribution in [2.75, 3.05) is 12.9 Å². The summed E-state index contributed by atoms with van der Waals surface area (Å²) in [4.78, 5) is 31.0. The first kappa shape index (κ1) is 21.7. The number of aliphatic imine (C=N–C) groups is 2. The smallest absolute Gasteiger partial charge is 0.235 e. The topological polar surface area (TPSA) is 88.8 Å². The van der Waals surface area contributed by atoms with E-state index in [1.54, 1.807) is 13.3 Å². The molecule has 0 bridgehead atoms. The van der Waals surface area contributed by atoms with Gasteiger partial charge in [0.25, 0.3) is 0 Å². The Morgan fingerprint density at radius 1 is 1.03 bits per heavy atom. The molecule has 1 aliphatic heterocycles.